The van der Waals surface area contributed by atoms with Crippen LogP contribution >= 0.6 is 11.3 Å². The molecule has 33 heavy (non-hydrogen) atoms. The van der Waals surface area contributed by atoms with Gasteiger partial charge in [-0.2, -0.15) is 0 Å². The van der Waals surface area contributed by atoms with Crippen LogP contribution in [0.25, 0.3) is 10.4 Å². The third-order valence-electron chi connectivity index (χ3n) is 5.66. The molecule has 1 unspecified atom stereocenters. The number of β-amino-alcohol motifs (C(OH)–C–C–N with tert-alkyl or cyclic N) is 1. The predicted octanol–water partition coefficient (Wildman–Crippen LogP) is 3.41. The van der Waals surface area contributed by atoms with Gasteiger partial charge in [0, 0.05) is 25.1 Å². The molecule has 172 valence electrons. The Balaban J connectivity index is 1.41. The van der Waals surface area contributed by atoms with Crippen molar-refractivity contribution in [1.82, 2.24) is 15.2 Å². The van der Waals surface area contributed by atoms with Gasteiger partial charge < -0.3 is 20.1 Å². The van der Waals surface area contributed by atoms with Gasteiger partial charge in [0.05, 0.1) is 28.8 Å². The summed E-state index contributed by atoms with van der Waals surface area (Å²) in [4.78, 5) is 32.9. The summed E-state index contributed by atoms with van der Waals surface area (Å²) in [6.45, 7) is 4.82. The van der Waals surface area contributed by atoms with Gasteiger partial charge in [-0.3, -0.25) is 9.59 Å². The topological polar surface area (TPSA) is 91.8 Å². The van der Waals surface area contributed by atoms with E-state index >= 15 is 0 Å². The number of carbonyl (C=O) groups excluding carboxylic acids is 2. The average Bonchev–Trinajstić information content (AvgIpc) is 3.43. The molecule has 1 aromatic heterocycles. The largest absolute Gasteiger partial charge is 0.494 e. The minimum absolute atomic E-state index is 0.124. The van der Waals surface area contributed by atoms with Crippen molar-refractivity contribution in [2.45, 2.75) is 39.0 Å². The maximum atomic E-state index is 13.1. The maximum absolute atomic E-state index is 13.1. The fourth-order valence-electron chi connectivity index (χ4n) is 4.00. The van der Waals surface area contributed by atoms with Crippen LogP contribution in [-0.4, -0.2) is 52.1 Å². The van der Waals surface area contributed by atoms with Crippen LogP contribution in [0.1, 0.15) is 35.0 Å². The second-order valence-electron chi connectivity index (χ2n) is 8.01. The molecule has 2 N–H and O–H groups in total. The van der Waals surface area contributed by atoms with Crippen molar-refractivity contribution >= 4 is 23.2 Å². The van der Waals surface area contributed by atoms with E-state index in [0.29, 0.717) is 24.5 Å². The van der Waals surface area contributed by atoms with E-state index in [2.05, 4.69) is 10.3 Å². The highest BCUT2D eigenvalue weighted by Gasteiger charge is 2.39. The summed E-state index contributed by atoms with van der Waals surface area (Å²) in [5, 5.41) is 13.1. The van der Waals surface area contributed by atoms with Crippen molar-refractivity contribution in [2.75, 3.05) is 13.2 Å². The Hall–Kier alpha value is -3.23. The Kier molecular flexibility index (Phi) is 7.05. The van der Waals surface area contributed by atoms with E-state index in [1.807, 2.05) is 43.6 Å². The summed E-state index contributed by atoms with van der Waals surface area (Å²) < 4.78 is 5.48. The minimum Gasteiger partial charge on any atom is -0.494 e. The Labute approximate surface area is 197 Å². The monoisotopic (exact) mass is 465 g/mol. The van der Waals surface area contributed by atoms with Crippen molar-refractivity contribution in [2.24, 2.45) is 0 Å². The van der Waals surface area contributed by atoms with Crippen LogP contribution in [0.15, 0.2) is 54.0 Å². The van der Waals surface area contributed by atoms with Crippen LogP contribution < -0.4 is 10.1 Å². The van der Waals surface area contributed by atoms with Crippen molar-refractivity contribution in [3.8, 4) is 16.2 Å². The number of carbonyl (C=O) groups is 2. The number of aromatic nitrogens is 1. The number of likely N-dealkylation sites (tertiary alicyclic amines) is 1. The van der Waals surface area contributed by atoms with Crippen LogP contribution in [0.3, 0.4) is 0 Å². The standard InChI is InChI=1S/C25H27N3O4S/c1-3-32-21-6-4-5-19(11-21)25(31)28-14-20(29)12-22(28)24(30)26-13-17-7-9-18(10-8-17)23-16(2)27-15-33-23/h4-11,15,20,22,29H,3,12-14H2,1-2H3,(H,26,30)/t20-,22?/m1/s1. The Morgan fingerprint density at radius 1 is 1.24 bits per heavy atom. The highest BCUT2D eigenvalue weighted by atomic mass is 32.1. The lowest BCUT2D eigenvalue weighted by atomic mass is 10.1. The molecule has 2 atom stereocenters. The van der Waals surface area contributed by atoms with E-state index in [4.69, 9.17) is 4.74 Å². The fraction of sp³-hybridized carbons (Fsp3) is 0.320. The van der Waals surface area contributed by atoms with E-state index in [1.165, 1.54) is 4.90 Å². The third kappa shape index (κ3) is 5.23. The highest BCUT2D eigenvalue weighted by Crippen LogP contribution is 2.27. The predicted molar refractivity (Wildman–Crippen MR) is 127 cm³/mol. The number of aliphatic hydroxyl groups is 1. The van der Waals surface area contributed by atoms with Crippen LogP contribution in [0, 0.1) is 6.92 Å². The second kappa shape index (κ2) is 10.1. The molecule has 2 amide bonds. The molecule has 3 aromatic rings. The normalized spacial score (nSPS) is 17.7. The van der Waals surface area contributed by atoms with E-state index in [-0.39, 0.29) is 24.8 Å². The number of aryl methyl sites for hydroxylation is 1. The molecule has 1 aliphatic heterocycles. The van der Waals surface area contributed by atoms with Gasteiger partial charge in [-0.1, -0.05) is 30.3 Å². The van der Waals surface area contributed by atoms with Gasteiger partial charge in [-0.15, -0.1) is 11.3 Å². The number of nitrogens with zero attached hydrogens (tertiary/aromatic N) is 2. The lowest BCUT2D eigenvalue weighted by Crippen LogP contribution is -2.45. The van der Waals surface area contributed by atoms with E-state index < -0.39 is 12.1 Å². The van der Waals surface area contributed by atoms with E-state index in [1.54, 1.807) is 35.6 Å². The van der Waals surface area contributed by atoms with Crippen LogP contribution in [-0.2, 0) is 11.3 Å². The number of hydrogen-bond acceptors (Lipinski definition) is 6. The summed E-state index contributed by atoms with van der Waals surface area (Å²) in [5.41, 5.74) is 5.30. The quantitative estimate of drug-likeness (QED) is 0.558. The number of benzene rings is 2. The molecule has 1 saturated heterocycles. The first-order valence-corrected chi connectivity index (χ1v) is 11.8. The molecule has 0 aliphatic carbocycles. The summed E-state index contributed by atoms with van der Waals surface area (Å²) in [5.74, 6) is 0.0295. The molecule has 1 aliphatic rings. The third-order valence-corrected chi connectivity index (χ3v) is 6.64. The van der Waals surface area contributed by atoms with Gasteiger partial charge in [0.2, 0.25) is 5.91 Å². The fourth-order valence-corrected chi connectivity index (χ4v) is 4.81. The lowest BCUT2D eigenvalue weighted by molar-refractivity contribution is -0.125. The van der Waals surface area contributed by atoms with Gasteiger partial charge in [0.15, 0.2) is 0 Å². The minimum atomic E-state index is -0.735. The molecule has 0 saturated carbocycles. The van der Waals surface area contributed by atoms with Gasteiger partial charge in [-0.05, 0) is 43.2 Å². The second-order valence-corrected chi connectivity index (χ2v) is 8.86. The van der Waals surface area contributed by atoms with Crippen LogP contribution in [0.5, 0.6) is 5.75 Å². The Morgan fingerprint density at radius 3 is 2.73 bits per heavy atom. The van der Waals surface area contributed by atoms with Gasteiger partial charge in [0.25, 0.3) is 5.91 Å². The van der Waals surface area contributed by atoms with Crippen molar-refractivity contribution in [3.05, 3.63) is 70.9 Å². The van der Waals surface area contributed by atoms with Crippen molar-refractivity contribution in [1.29, 1.82) is 0 Å². The molecule has 7 nitrogen and oxygen atoms in total. The van der Waals surface area contributed by atoms with Crippen LogP contribution in [0.2, 0.25) is 0 Å². The molecule has 1 fully saturated rings. The number of nitrogens with one attached hydrogen (secondary N) is 1. The van der Waals surface area contributed by atoms with Gasteiger partial charge in [-0.25, -0.2) is 4.98 Å². The summed E-state index contributed by atoms with van der Waals surface area (Å²) in [7, 11) is 0. The molecule has 4 rings (SSSR count). The average molecular weight is 466 g/mol. The van der Waals surface area contributed by atoms with Crippen molar-refractivity contribution in [3.63, 3.8) is 0 Å². The molecule has 0 spiro atoms. The molecular formula is C25H27N3O4S. The lowest BCUT2D eigenvalue weighted by Gasteiger charge is -2.24. The van der Waals surface area contributed by atoms with E-state index in [0.717, 1.165) is 21.7 Å². The first kappa shape index (κ1) is 22.9. The van der Waals surface area contributed by atoms with Gasteiger partial charge in [0.1, 0.15) is 11.8 Å². The highest BCUT2D eigenvalue weighted by molar-refractivity contribution is 7.13. The number of ether oxygens (including phenoxy) is 1. The summed E-state index contributed by atoms with van der Waals surface area (Å²) in [6, 6.07) is 14.1. The van der Waals surface area contributed by atoms with E-state index in [9.17, 15) is 14.7 Å². The molecule has 8 heteroatoms. The van der Waals surface area contributed by atoms with Crippen molar-refractivity contribution < 1.29 is 19.4 Å². The molecule has 0 radical (unpaired) electrons. The SMILES string of the molecule is CCOc1cccc(C(=O)N2C[C@H](O)CC2C(=O)NCc2ccc(-c3scnc3C)cc2)c1. The molecular weight excluding hydrogens is 438 g/mol. The molecule has 2 aromatic carbocycles. The first-order chi connectivity index (χ1) is 16.0. The number of aliphatic hydroxyl groups excluding tert-OH is 1. The smallest absolute Gasteiger partial charge is 0.254 e. The number of hydrogen-bond donors (Lipinski definition) is 2. The number of thiazole rings is 1. The maximum Gasteiger partial charge on any atom is 0.254 e. The zero-order valence-electron chi connectivity index (χ0n) is 18.7. The zero-order valence-corrected chi connectivity index (χ0v) is 19.5. The van der Waals surface area contributed by atoms with Gasteiger partial charge >= 0.3 is 0 Å². The molecule has 0 bridgehead atoms. The zero-order chi connectivity index (χ0) is 23.4. The number of rotatable bonds is 7. The van der Waals surface area contributed by atoms with Crippen LogP contribution in [0.4, 0.5) is 0 Å². The summed E-state index contributed by atoms with van der Waals surface area (Å²) in [6.07, 6.45) is -0.520. The number of amides is 2. The first-order valence-electron chi connectivity index (χ1n) is 10.9. The Morgan fingerprint density at radius 2 is 2.03 bits per heavy atom. The molecule has 2 heterocycles. The Bertz CT molecular complexity index is 1130. The summed E-state index contributed by atoms with van der Waals surface area (Å²) >= 11 is 1.60.